The number of hydrogen-bond donors (Lipinski definition) is 0. The molecule has 1 heterocycles. The van der Waals surface area contributed by atoms with E-state index >= 15 is 0 Å². The van der Waals surface area contributed by atoms with E-state index in [2.05, 4.69) is 31.3 Å². The summed E-state index contributed by atoms with van der Waals surface area (Å²) in [6.45, 7) is 10.2. The smallest absolute Gasteiger partial charge is 0.412 e. The Labute approximate surface area is 128 Å². The predicted octanol–water partition coefficient (Wildman–Crippen LogP) is 3.04. The first-order valence-corrected chi connectivity index (χ1v) is 10.5. The van der Waals surface area contributed by atoms with Crippen molar-refractivity contribution in [3.8, 4) is 0 Å². The maximum absolute atomic E-state index is 12.5. The van der Waals surface area contributed by atoms with E-state index in [1.54, 1.807) is 12.0 Å². The normalized spacial score (nSPS) is 20.9. The number of rotatable bonds is 1. The van der Waals surface area contributed by atoms with Gasteiger partial charge in [0.2, 0.25) is 0 Å². The van der Waals surface area contributed by atoms with Crippen molar-refractivity contribution in [3.63, 3.8) is 0 Å². The summed E-state index contributed by atoms with van der Waals surface area (Å²) in [5.74, 6) is 0. The summed E-state index contributed by atoms with van der Waals surface area (Å²) >= 11 is 0. The Morgan fingerprint density at radius 3 is 2.48 bits per heavy atom. The molecule has 0 fully saturated rings. The summed E-state index contributed by atoms with van der Waals surface area (Å²) in [5, 5.41) is 1.36. The Kier molecular flexibility index (Phi) is 4.17. The van der Waals surface area contributed by atoms with E-state index in [-0.39, 0.29) is 12.3 Å². The molecule has 1 atom stereocenters. The first kappa shape index (κ1) is 16.0. The van der Waals surface area contributed by atoms with Crippen molar-refractivity contribution in [3.05, 3.63) is 29.8 Å². The van der Waals surface area contributed by atoms with Crippen LogP contribution >= 0.6 is 0 Å². The van der Waals surface area contributed by atoms with Gasteiger partial charge < -0.3 is 9.47 Å². The van der Waals surface area contributed by atoms with Gasteiger partial charge in [-0.3, -0.25) is 4.90 Å². The van der Waals surface area contributed by atoms with Gasteiger partial charge in [0.05, 0.1) is 0 Å². The Morgan fingerprint density at radius 1 is 1.29 bits per heavy atom. The van der Waals surface area contributed by atoms with Crippen LogP contribution in [0.15, 0.2) is 24.3 Å². The van der Waals surface area contributed by atoms with Crippen LogP contribution in [0.2, 0.25) is 13.1 Å². The van der Waals surface area contributed by atoms with Gasteiger partial charge in [-0.05, 0) is 20.8 Å². The highest BCUT2D eigenvalue weighted by molar-refractivity contribution is 6.90. The van der Waals surface area contributed by atoms with Crippen LogP contribution in [0.25, 0.3) is 0 Å². The number of ether oxygens (including phenoxy) is 2. The van der Waals surface area contributed by atoms with E-state index in [4.69, 9.17) is 9.47 Å². The van der Waals surface area contributed by atoms with Gasteiger partial charge in [0.15, 0.2) is 6.23 Å². The second kappa shape index (κ2) is 5.46. The largest absolute Gasteiger partial charge is 0.444 e. The standard InChI is InChI=1S/C16H25NO3Si/c1-16(2,3)20-15(18)17-11-21(5,6)13-10-8-7-9-12(13)14(17)19-4/h7-10,14H,11H2,1-6H3. The summed E-state index contributed by atoms with van der Waals surface area (Å²) < 4.78 is 11.2. The summed E-state index contributed by atoms with van der Waals surface area (Å²) in [4.78, 5) is 14.3. The molecule has 0 aromatic heterocycles. The first-order valence-electron chi connectivity index (χ1n) is 7.27. The molecule has 1 unspecified atom stereocenters. The highest BCUT2D eigenvalue weighted by Crippen LogP contribution is 2.30. The first-order chi connectivity index (χ1) is 9.65. The van der Waals surface area contributed by atoms with E-state index in [1.165, 1.54) is 5.19 Å². The van der Waals surface area contributed by atoms with Crippen LogP contribution in [-0.4, -0.2) is 37.9 Å². The molecular weight excluding hydrogens is 282 g/mol. The molecule has 0 radical (unpaired) electrons. The number of nitrogens with zero attached hydrogens (tertiary/aromatic N) is 1. The quantitative estimate of drug-likeness (QED) is 0.749. The van der Waals surface area contributed by atoms with Crippen LogP contribution in [0.1, 0.15) is 32.6 Å². The molecule has 0 bridgehead atoms. The number of carbonyl (C=O) groups is 1. The Hall–Kier alpha value is -1.33. The van der Waals surface area contributed by atoms with Gasteiger partial charge in [0, 0.05) is 18.8 Å². The number of fused-ring (bicyclic) bond motifs is 1. The molecule has 0 spiro atoms. The van der Waals surface area contributed by atoms with Crippen LogP contribution in [0, 0.1) is 0 Å². The zero-order chi connectivity index (χ0) is 15.8. The second-order valence-electron chi connectivity index (χ2n) is 7.17. The molecule has 2 rings (SSSR count). The monoisotopic (exact) mass is 307 g/mol. The topological polar surface area (TPSA) is 38.8 Å². The Balaban J connectivity index is 2.39. The summed E-state index contributed by atoms with van der Waals surface area (Å²) in [7, 11) is -0.0877. The lowest BCUT2D eigenvalue weighted by atomic mass is 10.1. The number of carbonyl (C=O) groups excluding carboxylic acids is 1. The van der Waals surface area contributed by atoms with Crippen molar-refractivity contribution in [2.24, 2.45) is 0 Å². The van der Waals surface area contributed by atoms with E-state index in [1.807, 2.05) is 26.8 Å². The van der Waals surface area contributed by atoms with E-state index in [9.17, 15) is 4.79 Å². The fourth-order valence-electron chi connectivity index (χ4n) is 2.83. The van der Waals surface area contributed by atoms with Gasteiger partial charge >= 0.3 is 6.09 Å². The predicted molar refractivity (Wildman–Crippen MR) is 86.2 cm³/mol. The highest BCUT2D eigenvalue weighted by atomic mass is 28.3. The van der Waals surface area contributed by atoms with Gasteiger partial charge in [-0.2, -0.15) is 0 Å². The Bertz CT molecular complexity index is 537. The van der Waals surface area contributed by atoms with Crippen molar-refractivity contribution >= 4 is 19.4 Å². The van der Waals surface area contributed by atoms with Crippen molar-refractivity contribution in [2.75, 3.05) is 13.3 Å². The lowest BCUT2D eigenvalue weighted by molar-refractivity contribution is -0.0462. The third-order valence-corrected chi connectivity index (χ3v) is 6.70. The molecule has 1 aliphatic rings. The Morgan fingerprint density at radius 2 is 1.90 bits per heavy atom. The molecular formula is C16H25NO3Si. The summed E-state index contributed by atoms with van der Waals surface area (Å²) in [6, 6.07) is 8.27. The van der Waals surface area contributed by atoms with E-state index < -0.39 is 13.7 Å². The summed E-state index contributed by atoms with van der Waals surface area (Å²) in [5.41, 5.74) is 0.590. The van der Waals surface area contributed by atoms with Gasteiger partial charge in [-0.25, -0.2) is 4.79 Å². The minimum atomic E-state index is -1.73. The summed E-state index contributed by atoms with van der Waals surface area (Å²) in [6.07, 6.45) is 0.0400. The fourth-order valence-corrected chi connectivity index (χ4v) is 5.68. The molecule has 0 saturated carbocycles. The molecule has 0 saturated heterocycles. The van der Waals surface area contributed by atoms with Gasteiger partial charge in [0.25, 0.3) is 0 Å². The van der Waals surface area contributed by atoms with Gasteiger partial charge in [0.1, 0.15) is 13.7 Å². The molecule has 21 heavy (non-hydrogen) atoms. The minimum Gasteiger partial charge on any atom is -0.444 e. The number of amides is 1. The molecule has 0 N–H and O–H groups in total. The van der Waals surface area contributed by atoms with Crippen LogP contribution in [0.3, 0.4) is 0 Å². The number of hydrogen-bond acceptors (Lipinski definition) is 3. The average Bonchev–Trinajstić information content (AvgIpc) is 2.36. The van der Waals surface area contributed by atoms with Crippen molar-refractivity contribution in [1.29, 1.82) is 0 Å². The van der Waals surface area contributed by atoms with Crippen molar-refractivity contribution in [1.82, 2.24) is 4.90 Å². The number of methoxy groups -OCH3 is 1. The SMILES string of the molecule is COC1c2ccccc2[Si](C)(C)CN1C(=O)OC(C)(C)C. The molecule has 1 aromatic rings. The lowest BCUT2D eigenvalue weighted by Crippen LogP contribution is -2.61. The lowest BCUT2D eigenvalue weighted by Gasteiger charge is -2.43. The average molecular weight is 307 g/mol. The molecule has 1 amide bonds. The molecule has 116 valence electrons. The number of benzene rings is 1. The van der Waals surface area contributed by atoms with Crippen molar-refractivity contribution < 1.29 is 14.3 Å². The third kappa shape index (κ3) is 3.30. The molecule has 4 nitrogen and oxygen atoms in total. The third-order valence-electron chi connectivity index (χ3n) is 3.66. The van der Waals surface area contributed by atoms with Crippen LogP contribution in [0.4, 0.5) is 4.79 Å². The van der Waals surface area contributed by atoms with E-state index in [0.29, 0.717) is 6.17 Å². The minimum absolute atomic E-state index is 0.301. The fraction of sp³-hybridized carbons (Fsp3) is 0.562. The highest BCUT2D eigenvalue weighted by Gasteiger charge is 2.42. The van der Waals surface area contributed by atoms with E-state index in [0.717, 1.165) is 5.56 Å². The van der Waals surface area contributed by atoms with Crippen LogP contribution < -0.4 is 5.19 Å². The van der Waals surface area contributed by atoms with Crippen LogP contribution in [-0.2, 0) is 9.47 Å². The molecule has 5 heteroatoms. The van der Waals surface area contributed by atoms with Gasteiger partial charge in [-0.15, -0.1) is 0 Å². The zero-order valence-corrected chi connectivity index (χ0v) is 14.8. The van der Waals surface area contributed by atoms with Crippen LogP contribution in [0.5, 0.6) is 0 Å². The molecule has 1 aliphatic heterocycles. The zero-order valence-electron chi connectivity index (χ0n) is 13.8. The maximum atomic E-state index is 12.5. The second-order valence-corrected chi connectivity index (χ2v) is 11.8. The maximum Gasteiger partial charge on any atom is 0.412 e. The molecule has 0 aliphatic carbocycles. The van der Waals surface area contributed by atoms with Gasteiger partial charge in [-0.1, -0.05) is 42.5 Å². The molecule has 1 aromatic carbocycles. The van der Waals surface area contributed by atoms with Crippen molar-refractivity contribution in [2.45, 2.75) is 45.7 Å².